The molecule has 2 rings (SSSR count). The number of hydrogen-bond acceptors (Lipinski definition) is 4. The molecule has 0 heterocycles. The number of benzene rings is 1. The summed E-state index contributed by atoms with van der Waals surface area (Å²) in [5.74, 6) is 1.56. The van der Waals surface area contributed by atoms with Crippen LogP contribution in [-0.2, 0) is 9.84 Å². The molecule has 1 aliphatic carbocycles. The summed E-state index contributed by atoms with van der Waals surface area (Å²) in [6.45, 7) is 0. The van der Waals surface area contributed by atoms with Gasteiger partial charge < -0.3 is 5.73 Å². The van der Waals surface area contributed by atoms with E-state index in [4.69, 9.17) is 5.73 Å². The smallest absolute Gasteiger partial charge is 0.175 e. The van der Waals surface area contributed by atoms with Gasteiger partial charge in [0.2, 0.25) is 0 Å². The average Bonchev–Trinajstić information content (AvgIpc) is 2.45. The van der Waals surface area contributed by atoms with E-state index in [9.17, 15) is 8.42 Å². The first kappa shape index (κ1) is 15.9. The van der Waals surface area contributed by atoms with Gasteiger partial charge in [-0.05, 0) is 43.0 Å². The van der Waals surface area contributed by atoms with Crippen molar-refractivity contribution in [1.82, 2.24) is 0 Å². The van der Waals surface area contributed by atoms with E-state index >= 15 is 0 Å². The molecule has 20 heavy (non-hydrogen) atoms. The zero-order valence-corrected chi connectivity index (χ0v) is 13.6. The number of thioether (sulfide) groups is 1. The third-order valence-corrected chi connectivity index (χ3v) is 6.24. The molecule has 1 aromatic carbocycles. The Morgan fingerprint density at radius 3 is 2.35 bits per heavy atom. The van der Waals surface area contributed by atoms with E-state index in [0.29, 0.717) is 10.8 Å². The summed E-state index contributed by atoms with van der Waals surface area (Å²) in [5.41, 5.74) is 6.28. The van der Waals surface area contributed by atoms with Gasteiger partial charge in [-0.25, -0.2) is 8.42 Å². The summed E-state index contributed by atoms with van der Waals surface area (Å²) >= 11 is 1.72. The highest BCUT2D eigenvalue weighted by Crippen LogP contribution is 2.29. The molecule has 0 aliphatic heterocycles. The molecule has 0 bridgehead atoms. The lowest BCUT2D eigenvalue weighted by molar-refractivity contribution is 0.319. The van der Waals surface area contributed by atoms with Gasteiger partial charge in [0.15, 0.2) is 9.84 Å². The van der Waals surface area contributed by atoms with Gasteiger partial charge >= 0.3 is 0 Å². The standard InChI is InChI=1S/C15H23NO2S2/c1-20(17,18)14-9-7-13(8-10-14)19-11-15(16)12-5-3-2-4-6-12/h7-10,12,15H,2-6,11,16H2,1H3. The number of sulfone groups is 1. The van der Waals surface area contributed by atoms with E-state index in [0.717, 1.165) is 10.6 Å². The molecule has 3 nitrogen and oxygen atoms in total. The Labute approximate surface area is 126 Å². The maximum Gasteiger partial charge on any atom is 0.175 e. The lowest BCUT2D eigenvalue weighted by atomic mass is 9.85. The van der Waals surface area contributed by atoms with E-state index in [-0.39, 0.29) is 6.04 Å². The van der Waals surface area contributed by atoms with Crippen LogP contribution >= 0.6 is 11.8 Å². The largest absolute Gasteiger partial charge is 0.327 e. The highest BCUT2D eigenvalue weighted by Gasteiger charge is 2.20. The average molecular weight is 313 g/mol. The van der Waals surface area contributed by atoms with Gasteiger partial charge in [-0.15, -0.1) is 11.8 Å². The van der Waals surface area contributed by atoms with Gasteiger partial charge in [-0.1, -0.05) is 19.3 Å². The molecule has 1 aromatic rings. The molecular weight excluding hydrogens is 290 g/mol. The molecule has 2 N–H and O–H groups in total. The van der Waals surface area contributed by atoms with Crippen molar-refractivity contribution < 1.29 is 8.42 Å². The SMILES string of the molecule is CS(=O)(=O)c1ccc(SCC(N)C2CCCCC2)cc1. The van der Waals surface area contributed by atoms with Crippen LogP contribution in [0.2, 0.25) is 0 Å². The number of nitrogens with two attached hydrogens (primary N) is 1. The summed E-state index contributed by atoms with van der Waals surface area (Å²) in [5, 5.41) is 0. The second-order valence-corrected chi connectivity index (χ2v) is 8.73. The molecule has 0 aromatic heterocycles. The Morgan fingerprint density at radius 2 is 1.80 bits per heavy atom. The fourth-order valence-corrected chi connectivity index (χ4v) is 4.29. The molecular formula is C15H23NO2S2. The Morgan fingerprint density at radius 1 is 1.20 bits per heavy atom. The summed E-state index contributed by atoms with van der Waals surface area (Å²) in [7, 11) is -3.10. The third kappa shape index (κ3) is 4.50. The van der Waals surface area contributed by atoms with Crippen LogP contribution in [0.15, 0.2) is 34.1 Å². The molecule has 1 fully saturated rings. The zero-order chi connectivity index (χ0) is 14.6. The van der Waals surface area contributed by atoms with Crippen molar-refractivity contribution in [2.45, 2.75) is 47.9 Å². The van der Waals surface area contributed by atoms with Crippen molar-refractivity contribution in [1.29, 1.82) is 0 Å². The van der Waals surface area contributed by atoms with Gasteiger partial charge in [-0.2, -0.15) is 0 Å². The minimum Gasteiger partial charge on any atom is -0.327 e. The van der Waals surface area contributed by atoms with Crippen molar-refractivity contribution in [3.8, 4) is 0 Å². The summed E-state index contributed by atoms with van der Waals surface area (Å²) in [4.78, 5) is 1.46. The maximum absolute atomic E-state index is 11.4. The molecule has 0 radical (unpaired) electrons. The second kappa shape index (κ2) is 6.96. The Bertz CT molecular complexity index is 519. The molecule has 1 unspecified atom stereocenters. The molecule has 0 spiro atoms. The van der Waals surface area contributed by atoms with E-state index in [1.54, 1.807) is 23.9 Å². The fraction of sp³-hybridized carbons (Fsp3) is 0.600. The van der Waals surface area contributed by atoms with Crippen molar-refractivity contribution in [3.63, 3.8) is 0 Å². The van der Waals surface area contributed by atoms with Crippen molar-refractivity contribution >= 4 is 21.6 Å². The Hall–Kier alpha value is -0.520. The molecule has 5 heteroatoms. The van der Waals surface area contributed by atoms with Crippen LogP contribution in [0.5, 0.6) is 0 Å². The monoisotopic (exact) mass is 313 g/mol. The van der Waals surface area contributed by atoms with Crippen LogP contribution in [0.3, 0.4) is 0 Å². The van der Waals surface area contributed by atoms with Crippen LogP contribution in [0.4, 0.5) is 0 Å². The van der Waals surface area contributed by atoms with E-state index in [1.165, 1.54) is 38.4 Å². The molecule has 0 amide bonds. The predicted octanol–water partition coefficient (Wildman–Crippen LogP) is 3.09. The van der Waals surface area contributed by atoms with E-state index in [1.807, 2.05) is 12.1 Å². The summed E-state index contributed by atoms with van der Waals surface area (Å²) in [6.07, 6.45) is 7.72. The lowest BCUT2D eigenvalue weighted by Crippen LogP contribution is -2.33. The second-order valence-electron chi connectivity index (χ2n) is 5.62. The van der Waals surface area contributed by atoms with Gasteiger partial charge in [0.1, 0.15) is 0 Å². The first-order valence-corrected chi connectivity index (χ1v) is 10.0. The normalized spacial score (nSPS) is 18.9. The van der Waals surface area contributed by atoms with Crippen LogP contribution in [0.1, 0.15) is 32.1 Å². The highest BCUT2D eigenvalue weighted by molar-refractivity contribution is 7.99. The van der Waals surface area contributed by atoms with E-state index < -0.39 is 9.84 Å². The predicted molar refractivity (Wildman–Crippen MR) is 84.8 cm³/mol. The Kier molecular flexibility index (Phi) is 5.52. The molecule has 1 atom stereocenters. The third-order valence-electron chi connectivity index (χ3n) is 3.95. The van der Waals surface area contributed by atoms with Crippen molar-refractivity contribution in [3.05, 3.63) is 24.3 Å². The summed E-state index contributed by atoms with van der Waals surface area (Å²) in [6, 6.07) is 7.33. The highest BCUT2D eigenvalue weighted by atomic mass is 32.2. The van der Waals surface area contributed by atoms with Gasteiger partial charge in [0.05, 0.1) is 4.90 Å². The van der Waals surface area contributed by atoms with E-state index in [2.05, 4.69) is 0 Å². The number of hydrogen-bond donors (Lipinski definition) is 1. The number of rotatable bonds is 5. The van der Waals surface area contributed by atoms with Crippen LogP contribution in [0, 0.1) is 5.92 Å². The zero-order valence-electron chi connectivity index (χ0n) is 11.9. The van der Waals surface area contributed by atoms with Crippen LogP contribution in [0.25, 0.3) is 0 Å². The van der Waals surface area contributed by atoms with Crippen LogP contribution in [-0.4, -0.2) is 26.5 Å². The minimum absolute atomic E-state index is 0.245. The first-order chi connectivity index (χ1) is 9.47. The van der Waals surface area contributed by atoms with Crippen molar-refractivity contribution in [2.24, 2.45) is 11.7 Å². The van der Waals surface area contributed by atoms with Gasteiger partial charge in [-0.3, -0.25) is 0 Å². The topological polar surface area (TPSA) is 60.2 Å². The van der Waals surface area contributed by atoms with Crippen LogP contribution < -0.4 is 5.73 Å². The minimum atomic E-state index is -3.10. The molecule has 112 valence electrons. The maximum atomic E-state index is 11.4. The fourth-order valence-electron chi connectivity index (χ4n) is 2.67. The molecule has 0 saturated heterocycles. The van der Waals surface area contributed by atoms with Gasteiger partial charge in [0, 0.05) is 22.9 Å². The van der Waals surface area contributed by atoms with Crippen molar-refractivity contribution in [2.75, 3.05) is 12.0 Å². The first-order valence-electron chi connectivity index (χ1n) is 7.15. The van der Waals surface area contributed by atoms with Gasteiger partial charge in [0.25, 0.3) is 0 Å². The molecule has 1 aliphatic rings. The lowest BCUT2D eigenvalue weighted by Gasteiger charge is -2.27. The Balaban J connectivity index is 1.87. The quantitative estimate of drug-likeness (QED) is 0.849. The molecule has 1 saturated carbocycles. The summed E-state index contributed by atoms with van der Waals surface area (Å²) < 4.78 is 22.8.